The van der Waals surface area contributed by atoms with E-state index in [-0.39, 0.29) is 18.3 Å². The number of amides is 2. The number of nitrogens with one attached hydrogen (secondary N) is 2. The molecule has 0 unspecified atom stereocenters. The lowest BCUT2D eigenvalue weighted by Gasteiger charge is -2.06. The van der Waals surface area contributed by atoms with Gasteiger partial charge in [-0.05, 0) is 30.3 Å². The molecule has 0 bridgehead atoms. The van der Waals surface area contributed by atoms with Crippen molar-refractivity contribution in [1.29, 1.82) is 0 Å². The maximum absolute atomic E-state index is 11.8. The minimum absolute atomic E-state index is 0.0946. The lowest BCUT2D eigenvalue weighted by Crippen LogP contribution is -2.28. The second-order valence-electron chi connectivity index (χ2n) is 4.67. The molecule has 22 heavy (non-hydrogen) atoms. The van der Waals surface area contributed by atoms with Gasteiger partial charge >= 0.3 is 6.03 Å². The van der Waals surface area contributed by atoms with E-state index in [1.54, 1.807) is 53.2 Å². The fourth-order valence-electron chi connectivity index (χ4n) is 2.05. The van der Waals surface area contributed by atoms with Crippen molar-refractivity contribution in [3.05, 3.63) is 59.5 Å². The smallest absolute Gasteiger partial charge is 0.319 e. The molecule has 3 N–H and O–H groups in total. The highest BCUT2D eigenvalue weighted by Crippen LogP contribution is 2.17. The predicted octanol–water partition coefficient (Wildman–Crippen LogP) is 3.02. The van der Waals surface area contributed by atoms with Gasteiger partial charge in [0.1, 0.15) is 0 Å². The van der Waals surface area contributed by atoms with Gasteiger partial charge in [-0.3, -0.25) is 0 Å². The molecular formula is C15H13ClN4O2. The van der Waals surface area contributed by atoms with Crippen LogP contribution in [-0.4, -0.2) is 20.5 Å². The van der Waals surface area contributed by atoms with Crippen molar-refractivity contribution in [2.45, 2.75) is 6.54 Å². The minimum atomic E-state index is -0.358. The molecule has 0 aliphatic rings. The van der Waals surface area contributed by atoms with E-state index in [1.165, 1.54) is 0 Å². The van der Waals surface area contributed by atoms with Crippen molar-refractivity contribution < 1.29 is 9.90 Å². The summed E-state index contributed by atoms with van der Waals surface area (Å²) >= 11 is 5.85. The van der Waals surface area contributed by atoms with Crippen LogP contribution in [0, 0.1) is 0 Å². The summed E-state index contributed by atoms with van der Waals surface area (Å²) in [6.45, 7) is 0.244. The molecule has 3 aromatic rings. The Morgan fingerprint density at radius 2 is 2.18 bits per heavy atom. The topological polar surface area (TPSA) is 78.7 Å². The Bertz CT molecular complexity index is 831. The maximum atomic E-state index is 11.8. The van der Waals surface area contributed by atoms with Gasteiger partial charge in [-0.15, -0.1) is 0 Å². The van der Waals surface area contributed by atoms with Gasteiger partial charge in [0.15, 0.2) is 11.4 Å². The van der Waals surface area contributed by atoms with Gasteiger partial charge in [0.25, 0.3) is 0 Å². The Morgan fingerprint density at radius 1 is 1.32 bits per heavy atom. The van der Waals surface area contributed by atoms with Crippen molar-refractivity contribution in [1.82, 2.24) is 14.7 Å². The largest absolute Gasteiger partial charge is 0.504 e. The van der Waals surface area contributed by atoms with Crippen LogP contribution in [0.15, 0.2) is 48.8 Å². The summed E-state index contributed by atoms with van der Waals surface area (Å²) in [5.74, 6) is 0.0946. The maximum Gasteiger partial charge on any atom is 0.319 e. The number of aromatic hydroxyl groups is 1. The monoisotopic (exact) mass is 316 g/mol. The first-order valence-corrected chi connectivity index (χ1v) is 6.95. The molecule has 0 radical (unpaired) electrons. The lowest BCUT2D eigenvalue weighted by molar-refractivity contribution is 0.251. The zero-order valence-electron chi connectivity index (χ0n) is 11.5. The normalized spacial score (nSPS) is 10.6. The van der Waals surface area contributed by atoms with Crippen LogP contribution in [0.3, 0.4) is 0 Å². The van der Waals surface area contributed by atoms with E-state index in [1.807, 2.05) is 0 Å². The first-order chi connectivity index (χ1) is 10.6. The third-order valence-electron chi connectivity index (χ3n) is 3.02. The van der Waals surface area contributed by atoms with E-state index in [4.69, 9.17) is 11.6 Å². The van der Waals surface area contributed by atoms with Gasteiger partial charge in [0.05, 0.1) is 12.2 Å². The molecule has 7 heteroatoms. The van der Waals surface area contributed by atoms with Crippen molar-refractivity contribution in [3.8, 4) is 5.75 Å². The number of carbonyl (C=O) groups excluding carboxylic acids is 1. The second-order valence-corrected chi connectivity index (χ2v) is 5.11. The number of fused-ring (bicyclic) bond motifs is 1. The molecule has 2 amide bonds. The van der Waals surface area contributed by atoms with Crippen molar-refractivity contribution >= 4 is 29.0 Å². The van der Waals surface area contributed by atoms with Crippen LogP contribution < -0.4 is 10.6 Å². The minimum Gasteiger partial charge on any atom is -0.504 e. The molecule has 2 heterocycles. The van der Waals surface area contributed by atoms with Crippen LogP contribution >= 0.6 is 11.6 Å². The Hall–Kier alpha value is -2.73. The van der Waals surface area contributed by atoms with Crippen LogP contribution in [0.4, 0.5) is 10.5 Å². The average Bonchev–Trinajstić information content (AvgIpc) is 2.90. The Morgan fingerprint density at radius 3 is 2.95 bits per heavy atom. The standard InChI is InChI=1S/C15H13ClN4O2/c16-10-3-1-4-11(7-10)19-15(22)17-8-12-9-20-6-2-5-13(21)14(20)18-12/h1-7,9,21H,8H2,(H2,17,19,22). The Balaban J connectivity index is 1.63. The summed E-state index contributed by atoms with van der Waals surface area (Å²) in [6.07, 6.45) is 3.52. The molecule has 6 nitrogen and oxygen atoms in total. The quantitative estimate of drug-likeness (QED) is 0.695. The number of rotatable bonds is 3. The zero-order valence-corrected chi connectivity index (χ0v) is 12.2. The Kier molecular flexibility index (Phi) is 3.84. The highest BCUT2D eigenvalue weighted by molar-refractivity contribution is 6.30. The highest BCUT2D eigenvalue weighted by Gasteiger charge is 2.07. The van der Waals surface area contributed by atoms with E-state index in [0.29, 0.717) is 22.1 Å². The number of pyridine rings is 1. The first-order valence-electron chi connectivity index (χ1n) is 6.58. The third kappa shape index (κ3) is 3.12. The number of anilines is 1. The van der Waals surface area contributed by atoms with Gasteiger partial charge in [-0.2, -0.15) is 0 Å². The number of hydrogen-bond donors (Lipinski definition) is 3. The van der Waals surface area contributed by atoms with Crippen LogP contribution in [0.2, 0.25) is 5.02 Å². The lowest BCUT2D eigenvalue weighted by atomic mass is 10.3. The van der Waals surface area contributed by atoms with E-state index in [2.05, 4.69) is 15.6 Å². The number of carbonyl (C=O) groups is 1. The number of urea groups is 1. The van der Waals surface area contributed by atoms with Crippen LogP contribution in [0.1, 0.15) is 5.69 Å². The average molecular weight is 317 g/mol. The number of halogens is 1. The summed E-state index contributed by atoms with van der Waals surface area (Å²) in [6, 6.07) is 9.80. The molecule has 0 saturated heterocycles. The first kappa shape index (κ1) is 14.2. The Labute approximate surface area is 131 Å². The molecule has 0 aliphatic carbocycles. The molecular weight excluding hydrogens is 304 g/mol. The zero-order chi connectivity index (χ0) is 15.5. The fourth-order valence-corrected chi connectivity index (χ4v) is 2.24. The number of benzene rings is 1. The summed E-state index contributed by atoms with van der Waals surface area (Å²) in [5.41, 5.74) is 1.70. The van der Waals surface area contributed by atoms with Crippen LogP contribution in [0.25, 0.3) is 5.65 Å². The summed E-state index contributed by atoms with van der Waals surface area (Å²) in [4.78, 5) is 16.1. The van der Waals surface area contributed by atoms with E-state index < -0.39 is 0 Å². The molecule has 1 aromatic carbocycles. The number of hydrogen-bond acceptors (Lipinski definition) is 3. The summed E-state index contributed by atoms with van der Waals surface area (Å²) < 4.78 is 1.70. The number of imidazole rings is 1. The van der Waals surface area contributed by atoms with Gasteiger partial charge in [0, 0.05) is 23.1 Å². The third-order valence-corrected chi connectivity index (χ3v) is 3.26. The molecule has 0 spiro atoms. The van der Waals surface area contributed by atoms with Crippen molar-refractivity contribution in [2.75, 3.05) is 5.32 Å². The molecule has 3 rings (SSSR count). The van der Waals surface area contributed by atoms with E-state index >= 15 is 0 Å². The fraction of sp³-hybridized carbons (Fsp3) is 0.0667. The molecule has 2 aromatic heterocycles. The van der Waals surface area contributed by atoms with Gasteiger partial charge < -0.3 is 20.1 Å². The molecule has 0 aliphatic heterocycles. The van der Waals surface area contributed by atoms with Crippen LogP contribution in [-0.2, 0) is 6.54 Å². The van der Waals surface area contributed by atoms with Crippen molar-refractivity contribution in [2.24, 2.45) is 0 Å². The summed E-state index contributed by atoms with van der Waals surface area (Å²) in [7, 11) is 0. The highest BCUT2D eigenvalue weighted by atomic mass is 35.5. The molecule has 0 saturated carbocycles. The van der Waals surface area contributed by atoms with Gasteiger partial charge in [-0.1, -0.05) is 17.7 Å². The number of nitrogens with zero attached hydrogens (tertiary/aromatic N) is 2. The second kappa shape index (κ2) is 5.95. The van der Waals surface area contributed by atoms with E-state index in [9.17, 15) is 9.90 Å². The molecule has 0 atom stereocenters. The number of aromatic nitrogens is 2. The van der Waals surface area contributed by atoms with E-state index in [0.717, 1.165) is 0 Å². The summed E-state index contributed by atoms with van der Waals surface area (Å²) in [5, 5.41) is 15.6. The van der Waals surface area contributed by atoms with Crippen LogP contribution in [0.5, 0.6) is 5.75 Å². The molecule has 0 fully saturated rings. The predicted molar refractivity (Wildman–Crippen MR) is 84.2 cm³/mol. The van der Waals surface area contributed by atoms with Crippen molar-refractivity contribution in [3.63, 3.8) is 0 Å². The van der Waals surface area contributed by atoms with Gasteiger partial charge in [0.2, 0.25) is 0 Å². The molecule has 112 valence electrons. The van der Waals surface area contributed by atoms with Gasteiger partial charge in [-0.25, -0.2) is 9.78 Å². The SMILES string of the molecule is O=C(NCc1cn2cccc(O)c2n1)Nc1cccc(Cl)c1.